The van der Waals surface area contributed by atoms with Crippen LogP contribution >= 0.6 is 11.6 Å². The number of esters is 1. The molecule has 7 heteroatoms. The summed E-state index contributed by atoms with van der Waals surface area (Å²) in [6.07, 6.45) is 4.80. The van der Waals surface area contributed by atoms with Gasteiger partial charge in [0.05, 0.1) is 11.1 Å². The summed E-state index contributed by atoms with van der Waals surface area (Å²) < 4.78 is 11.2. The largest absolute Gasteiger partial charge is 0.457 e. The molecule has 0 radical (unpaired) electrons. The molecule has 0 fully saturated rings. The third-order valence-corrected chi connectivity index (χ3v) is 6.40. The van der Waals surface area contributed by atoms with Crippen molar-refractivity contribution in [2.75, 3.05) is 11.9 Å². The molecule has 1 heterocycles. The third kappa shape index (κ3) is 5.50. The highest BCUT2D eigenvalue weighted by Crippen LogP contribution is 2.29. The average Bonchev–Trinajstić information content (AvgIpc) is 3.13. The zero-order valence-electron chi connectivity index (χ0n) is 19.6. The zero-order valence-corrected chi connectivity index (χ0v) is 20.4. The molecule has 0 saturated heterocycles. The van der Waals surface area contributed by atoms with Crippen molar-refractivity contribution >= 4 is 40.1 Å². The van der Waals surface area contributed by atoms with Crippen molar-refractivity contribution < 1.29 is 19.1 Å². The normalized spacial score (nSPS) is 12.9. The number of carbonyl (C=O) groups excluding carboxylic acids is 2. The molecule has 0 bridgehead atoms. The number of pyridine rings is 1. The number of anilines is 1. The molecule has 5 rings (SSSR count). The lowest BCUT2D eigenvalue weighted by Crippen LogP contribution is -2.22. The first kappa shape index (κ1) is 23.8. The topological polar surface area (TPSA) is 77.5 Å². The molecule has 0 spiro atoms. The van der Waals surface area contributed by atoms with E-state index in [1.807, 2.05) is 24.3 Å². The Bertz CT molecular complexity index is 1400. The van der Waals surface area contributed by atoms with E-state index in [9.17, 15) is 9.59 Å². The summed E-state index contributed by atoms with van der Waals surface area (Å²) in [6.45, 7) is -0.382. The van der Waals surface area contributed by atoms with Gasteiger partial charge in [-0.15, -0.1) is 0 Å². The minimum atomic E-state index is -0.492. The number of ether oxygens (including phenoxy) is 2. The van der Waals surface area contributed by atoms with Crippen LogP contribution in [0.3, 0.4) is 0 Å². The number of carbonyl (C=O) groups is 2. The van der Waals surface area contributed by atoms with Gasteiger partial charge >= 0.3 is 5.97 Å². The van der Waals surface area contributed by atoms with Crippen molar-refractivity contribution in [3.8, 4) is 11.5 Å². The molecule has 1 amide bonds. The number of halogens is 1. The van der Waals surface area contributed by atoms with Crippen LogP contribution in [0.4, 0.5) is 5.69 Å². The lowest BCUT2D eigenvalue weighted by molar-refractivity contribution is -0.119. The Kier molecular flexibility index (Phi) is 7.14. The summed E-state index contributed by atoms with van der Waals surface area (Å²) in [5.74, 6) is 0.365. The van der Waals surface area contributed by atoms with E-state index < -0.39 is 11.9 Å². The predicted molar refractivity (Wildman–Crippen MR) is 140 cm³/mol. The van der Waals surface area contributed by atoms with Gasteiger partial charge in [0.1, 0.15) is 11.5 Å². The molecule has 0 aliphatic heterocycles. The lowest BCUT2D eigenvalue weighted by Gasteiger charge is -2.15. The monoisotopic (exact) mass is 500 g/mol. The quantitative estimate of drug-likeness (QED) is 0.234. The molecule has 3 aromatic carbocycles. The number of hydrogen-bond donors (Lipinski definition) is 1. The van der Waals surface area contributed by atoms with Crippen molar-refractivity contribution in [2.24, 2.45) is 0 Å². The summed E-state index contributed by atoms with van der Waals surface area (Å²) in [7, 11) is 0. The number of nitrogens with one attached hydrogen (secondary N) is 1. The van der Waals surface area contributed by atoms with Gasteiger partial charge in [0.2, 0.25) is 0 Å². The van der Waals surface area contributed by atoms with Crippen molar-refractivity contribution in [1.29, 1.82) is 0 Å². The lowest BCUT2D eigenvalue weighted by atomic mass is 9.97. The minimum absolute atomic E-state index is 0.382. The van der Waals surface area contributed by atoms with Crippen LogP contribution in [0.5, 0.6) is 11.5 Å². The van der Waals surface area contributed by atoms with Gasteiger partial charge in [0.15, 0.2) is 6.61 Å². The van der Waals surface area contributed by atoms with Crippen LogP contribution in [-0.2, 0) is 22.4 Å². The van der Waals surface area contributed by atoms with Gasteiger partial charge in [-0.25, -0.2) is 4.79 Å². The van der Waals surface area contributed by atoms with Crippen LogP contribution in [0.1, 0.15) is 40.9 Å². The minimum Gasteiger partial charge on any atom is -0.457 e. The van der Waals surface area contributed by atoms with E-state index in [2.05, 4.69) is 5.32 Å². The SMILES string of the molecule is O=C(COC(=O)c1c2c(nc3ccccc13)CCCCC2)Nc1ccc(Oc2ccc(Cl)cc2)cc1. The fourth-order valence-corrected chi connectivity index (χ4v) is 4.55. The van der Waals surface area contributed by atoms with Gasteiger partial charge < -0.3 is 14.8 Å². The molecule has 0 atom stereocenters. The number of rotatable bonds is 6. The van der Waals surface area contributed by atoms with Crippen molar-refractivity contribution in [1.82, 2.24) is 4.98 Å². The smallest absolute Gasteiger partial charge is 0.339 e. The fraction of sp³-hybridized carbons (Fsp3) is 0.207. The first-order valence-corrected chi connectivity index (χ1v) is 12.4. The molecule has 1 aliphatic rings. The first-order valence-electron chi connectivity index (χ1n) is 12.0. The van der Waals surface area contributed by atoms with E-state index in [0.717, 1.165) is 54.3 Å². The second-order valence-electron chi connectivity index (χ2n) is 8.69. The second kappa shape index (κ2) is 10.8. The number of fused-ring (bicyclic) bond motifs is 2. The van der Waals surface area contributed by atoms with Crippen molar-refractivity contribution in [3.05, 3.63) is 94.6 Å². The molecule has 1 aliphatic carbocycles. The molecule has 0 unspecified atom stereocenters. The Morgan fingerprint density at radius 3 is 2.33 bits per heavy atom. The summed E-state index contributed by atoms with van der Waals surface area (Å²) >= 11 is 5.90. The number of nitrogens with zero attached hydrogens (tertiary/aromatic N) is 1. The number of amides is 1. The molecular formula is C29H25ClN2O4. The molecule has 6 nitrogen and oxygen atoms in total. The van der Waals surface area contributed by atoms with Crippen LogP contribution in [0.25, 0.3) is 10.9 Å². The van der Waals surface area contributed by atoms with Crippen LogP contribution in [0, 0.1) is 0 Å². The molecule has 4 aromatic rings. The van der Waals surface area contributed by atoms with E-state index in [1.165, 1.54) is 0 Å². The zero-order chi connectivity index (χ0) is 24.9. The average molecular weight is 501 g/mol. The van der Waals surface area contributed by atoms with Gasteiger partial charge in [0.25, 0.3) is 5.91 Å². The highest BCUT2D eigenvalue weighted by molar-refractivity contribution is 6.30. The Hall–Kier alpha value is -3.90. The standard InChI is InChI=1S/C29H25ClN2O4/c30-19-10-14-21(15-11-19)36-22-16-12-20(13-17-22)31-27(33)18-35-29(34)28-23-6-2-1-3-8-25(23)32-26-9-5-4-7-24(26)28/h4-5,7,9-17H,1-3,6,8,18H2,(H,31,33). The maximum atomic E-state index is 13.2. The van der Waals surface area contributed by atoms with Crippen LogP contribution in [-0.4, -0.2) is 23.5 Å². The van der Waals surface area contributed by atoms with E-state index in [1.54, 1.807) is 48.5 Å². The summed E-state index contributed by atoms with van der Waals surface area (Å²) in [6, 6.07) is 21.6. The number of aryl methyl sites for hydroxylation is 1. The number of para-hydroxylation sites is 1. The Balaban J connectivity index is 1.24. The van der Waals surface area contributed by atoms with Gasteiger partial charge in [-0.05, 0) is 85.8 Å². The molecule has 0 saturated carbocycles. The highest BCUT2D eigenvalue weighted by Gasteiger charge is 2.23. The van der Waals surface area contributed by atoms with Crippen LogP contribution in [0.2, 0.25) is 5.02 Å². The fourth-order valence-electron chi connectivity index (χ4n) is 4.43. The molecular weight excluding hydrogens is 476 g/mol. The Morgan fingerprint density at radius 2 is 1.56 bits per heavy atom. The molecule has 36 heavy (non-hydrogen) atoms. The number of hydrogen-bond acceptors (Lipinski definition) is 5. The van der Waals surface area contributed by atoms with Crippen molar-refractivity contribution in [3.63, 3.8) is 0 Å². The second-order valence-corrected chi connectivity index (χ2v) is 9.13. The van der Waals surface area contributed by atoms with Crippen LogP contribution < -0.4 is 10.1 Å². The molecule has 1 aromatic heterocycles. The van der Waals surface area contributed by atoms with Crippen molar-refractivity contribution in [2.45, 2.75) is 32.1 Å². The number of aromatic nitrogens is 1. The Morgan fingerprint density at radius 1 is 0.861 bits per heavy atom. The Labute approximate surface area is 214 Å². The van der Waals surface area contributed by atoms with Gasteiger partial charge in [-0.2, -0.15) is 0 Å². The maximum absolute atomic E-state index is 13.2. The van der Waals surface area contributed by atoms with Gasteiger partial charge in [0, 0.05) is 21.8 Å². The summed E-state index contributed by atoms with van der Waals surface area (Å²) in [4.78, 5) is 30.5. The summed E-state index contributed by atoms with van der Waals surface area (Å²) in [5.41, 5.74) is 3.79. The van der Waals surface area contributed by atoms with Gasteiger partial charge in [-0.3, -0.25) is 9.78 Å². The van der Waals surface area contributed by atoms with E-state index >= 15 is 0 Å². The van der Waals surface area contributed by atoms with E-state index in [-0.39, 0.29) is 6.61 Å². The summed E-state index contributed by atoms with van der Waals surface area (Å²) in [5, 5.41) is 4.15. The number of benzene rings is 3. The van der Waals surface area contributed by atoms with Gasteiger partial charge in [-0.1, -0.05) is 36.2 Å². The highest BCUT2D eigenvalue weighted by atomic mass is 35.5. The van der Waals surface area contributed by atoms with E-state index in [4.69, 9.17) is 26.1 Å². The predicted octanol–water partition coefficient (Wildman–Crippen LogP) is 6.74. The molecule has 182 valence electrons. The first-order chi connectivity index (χ1) is 17.6. The third-order valence-electron chi connectivity index (χ3n) is 6.15. The van der Waals surface area contributed by atoms with E-state index in [0.29, 0.717) is 27.8 Å². The van der Waals surface area contributed by atoms with Crippen LogP contribution in [0.15, 0.2) is 72.8 Å². The maximum Gasteiger partial charge on any atom is 0.339 e. The molecule has 1 N–H and O–H groups in total.